The quantitative estimate of drug-likeness (QED) is 0.699. The van der Waals surface area contributed by atoms with Crippen LogP contribution in [0, 0.1) is 6.92 Å². The monoisotopic (exact) mass is 186 g/mol. The molecule has 0 aromatic heterocycles. The van der Waals surface area contributed by atoms with E-state index in [-0.39, 0.29) is 0 Å². The van der Waals surface area contributed by atoms with Crippen molar-refractivity contribution in [3.8, 4) is 0 Å². The fraction of sp³-hybridized carbons (Fsp3) is 0.231. The van der Waals surface area contributed by atoms with E-state index in [2.05, 4.69) is 43.3 Å². The van der Waals surface area contributed by atoms with E-state index >= 15 is 0 Å². The molecule has 0 heterocycles. The first-order valence-corrected chi connectivity index (χ1v) is 4.79. The van der Waals surface area contributed by atoms with Crippen molar-refractivity contribution in [3.05, 3.63) is 47.5 Å². The average Bonchev–Trinajstić information content (AvgIpc) is 2.23. The van der Waals surface area contributed by atoms with Gasteiger partial charge in [-0.2, -0.15) is 0 Å². The third kappa shape index (κ3) is 1.51. The molecule has 0 aliphatic heterocycles. The van der Waals surface area contributed by atoms with Gasteiger partial charge >= 0.3 is 0 Å². The number of methoxy groups -OCH3 is 1. The minimum Gasteiger partial charge on any atom is -0.380 e. The Morgan fingerprint density at radius 3 is 2.43 bits per heavy atom. The molecule has 0 bridgehead atoms. The van der Waals surface area contributed by atoms with Crippen molar-refractivity contribution in [1.29, 1.82) is 0 Å². The number of hydrogen-bond donors (Lipinski definition) is 0. The highest BCUT2D eigenvalue weighted by Gasteiger charge is 2.01. The molecule has 0 N–H and O–H groups in total. The molecule has 14 heavy (non-hydrogen) atoms. The molecule has 0 aliphatic carbocycles. The molecule has 0 spiro atoms. The van der Waals surface area contributed by atoms with Crippen LogP contribution in [0.3, 0.4) is 0 Å². The van der Waals surface area contributed by atoms with Crippen molar-refractivity contribution < 1.29 is 4.74 Å². The molecule has 1 heteroatoms. The number of ether oxygens (including phenoxy) is 1. The molecule has 1 nitrogen and oxygen atoms in total. The van der Waals surface area contributed by atoms with E-state index in [0.29, 0.717) is 6.61 Å². The summed E-state index contributed by atoms with van der Waals surface area (Å²) in [5, 5.41) is 2.62. The zero-order chi connectivity index (χ0) is 9.97. The van der Waals surface area contributed by atoms with Gasteiger partial charge in [-0.3, -0.25) is 0 Å². The molecule has 72 valence electrons. The van der Waals surface area contributed by atoms with Crippen molar-refractivity contribution >= 4 is 10.8 Å². The van der Waals surface area contributed by atoms with Gasteiger partial charge in [0.1, 0.15) is 0 Å². The second-order valence-corrected chi connectivity index (χ2v) is 3.52. The van der Waals surface area contributed by atoms with E-state index in [0.717, 1.165) is 0 Å². The Morgan fingerprint density at radius 1 is 1.00 bits per heavy atom. The van der Waals surface area contributed by atoms with Crippen LogP contribution in [0.2, 0.25) is 0 Å². The van der Waals surface area contributed by atoms with E-state index < -0.39 is 0 Å². The van der Waals surface area contributed by atoms with Crippen LogP contribution in [-0.2, 0) is 11.3 Å². The molecule has 0 saturated carbocycles. The first kappa shape index (κ1) is 9.22. The molecular weight excluding hydrogens is 172 g/mol. The largest absolute Gasteiger partial charge is 0.380 e. The van der Waals surface area contributed by atoms with Gasteiger partial charge in [-0.05, 0) is 28.8 Å². The normalized spacial score (nSPS) is 10.7. The molecule has 0 fully saturated rings. The Labute approximate surface area is 84.3 Å². The first-order chi connectivity index (χ1) is 6.83. The van der Waals surface area contributed by atoms with Crippen LogP contribution in [0.4, 0.5) is 0 Å². The van der Waals surface area contributed by atoms with Crippen LogP contribution in [-0.4, -0.2) is 7.11 Å². The molecule has 0 amide bonds. The molecule has 2 aromatic carbocycles. The van der Waals surface area contributed by atoms with Gasteiger partial charge in [-0.15, -0.1) is 0 Å². The molecular formula is C13H14O. The number of benzene rings is 2. The van der Waals surface area contributed by atoms with Crippen molar-refractivity contribution in [2.24, 2.45) is 0 Å². The fourth-order valence-electron chi connectivity index (χ4n) is 1.79. The van der Waals surface area contributed by atoms with E-state index in [9.17, 15) is 0 Å². The van der Waals surface area contributed by atoms with E-state index in [4.69, 9.17) is 4.74 Å². The second kappa shape index (κ2) is 3.81. The summed E-state index contributed by atoms with van der Waals surface area (Å²) in [6, 6.07) is 12.7. The van der Waals surface area contributed by atoms with E-state index in [1.807, 2.05) is 0 Å². The number of rotatable bonds is 2. The lowest BCUT2D eigenvalue weighted by atomic mass is 10.0. The highest BCUT2D eigenvalue weighted by Crippen LogP contribution is 2.22. The standard InChI is InChI=1S/C13H14O/c1-10-7-8-11(9-14-2)13-6-4-3-5-12(10)13/h3-8H,9H2,1-2H3. The van der Waals surface area contributed by atoms with Gasteiger partial charge in [0.15, 0.2) is 0 Å². The van der Waals surface area contributed by atoms with Gasteiger partial charge in [-0.25, -0.2) is 0 Å². The summed E-state index contributed by atoms with van der Waals surface area (Å²) >= 11 is 0. The second-order valence-electron chi connectivity index (χ2n) is 3.52. The van der Waals surface area contributed by atoms with E-state index in [1.54, 1.807) is 7.11 Å². The van der Waals surface area contributed by atoms with Crippen LogP contribution in [0.1, 0.15) is 11.1 Å². The van der Waals surface area contributed by atoms with E-state index in [1.165, 1.54) is 21.9 Å². The average molecular weight is 186 g/mol. The van der Waals surface area contributed by atoms with Crippen molar-refractivity contribution in [2.75, 3.05) is 7.11 Å². The first-order valence-electron chi connectivity index (χ1n) is 4.79. The van der Waals surface area contributed by atoms with Crippen molar-refractivity contribution in [2.45, 2.75) is 13.5 Å². The summed E-state index contributed by atoms with van der Waals surface area (Å²) in [6.07, 6.45) is 0. The Balaban J connectivity index is 2.68. The maximum absolute atomic E-state index is 5.18. The van der Waals surface area contributed by atoms with Crippen LogP contribution in [0.25, 0.3) is 10.8 Å². The summed E-state index contributed by atoms with van der Waals surface area (Å²) in [5.74, 6) is 0. The Hall–Kier alpha value is -1.34. The summed E-state index contributed by atoms with van der Waals surface area (Å²) in [7, 11) is 1.73. The summed E-state index contributed by atoms with van der Waals surface area (Å²) < 4.78 is 5.18. The van der Waals surface area contributed by atoms with Crippen LogP contribution >= 0.6 is 0 Å². The number of hydrogen-bond acceptors (Lipinski definition) is 1. The minimum absolute atomic E-state index is 0.681. The highest BCUT2D eigenvalue weighted by molar-refractivity contribution is 5.88. The van der Waals surface area contributed by atoms with Crippen LogP contribution in [0.15, 0.2) is 36.4 Å². The molecule has 0 radical (unpaired) electrons. The fourth-order valence-corrected chi connectivity index (χ4v) is 1.79. The predicted molar refractivity (Wildman–Crippen MR) is 59.4 cm³/mol. The van der Waals surface area contributed by atoms with Gasteiger partial charge in [0, 0.05) is 7.11 Å². The van der Waals surface area contributed by atoms with Gasteiger partial charge in [0.2, 0.25) is 0 Å². The molecule has 0 atom stereocenters. The molecule has 2 rings (SSSR count). The molecule has 0 unspecified atom stereocenters. The molecule has 2 aromatic rings. The molecule has 0 aliphatic rings. The third-order valence-corrected chi connectivity index (χ3v) is 2.53. The zero-order valence-electron chi connectivity index (χ0n) is 8.58. The zero-order valence-corrected chi connectivity index (χ0v) is 8.58. The summed E-state index contributed by atoms with van der Waals surface area (Å²) in [5.41, 5.74) is 2.58. The highest BCUT2D eigenvalue weighted by atomic mass is 16.5. The topological polar surface area (TPSA) is 9.23 Å². The summed E-state index contributed by atoms with van der Waals surface area (Å²) in [6.45, 7) is 2.82. The minimum atomic E-state index is 0.681. The lowest BCUT2D eigenvalue weighted by Gasteiger charge is -2.07. The number of fused-ring (bicyclic) bond motifs is 1. The number of aryl methyl sites for hydroxylation is 1. The maximum atomic E-state index is 5.18. The van der Waals surface area contributed by atoms with Gasteiger partial charge in [-0.1, -0.05) is 36.4 Å². The summed E-state index contributed by atoms with van der Waals surface area (Å²) in [4.78, 5) is 0. The van der Waals surface area contributed by atoms with Crippen molar-refractivity contribution in [3.63, 3.8) is 0 Å². The van der Waals surface area contributed by atoms with Crippen LogP contribution < -0.4 is 0 Å². The lowest BCUT2D eigenvalue weighted by molar-refractivity contribution is 0.186. The molecule has 0 saturated heterocycles. The lowest BCUT2D eigenvalue weighted by Crippen LogP contribution is -1.90. The van der Waals surface area contributed by atoms with Gasteiger partial charge < -0.3 is 4.74 Å². The van der Waals surface area contributed by atoms with Crippen LogP contribution in [0.5, 0.6) is 0 Å². The van der Waals surface area contributed by atoms with Gasteiger partial charge in [0.05, 0.1) is 6.61 Å². The predicted octanol–water partition coefficient (Wildman–Crippen LogP) is 3.29. The Kier molecular flexibility index (Phi) is 2.51. The smallest absolute Gasteiger partial charge is 0.0719 e. The SMILES string of the molecule is COCc1ccc(C)c2ccccc12. The Bertz CT molecular complexity index is 446. The maximum Gasteiger partial charge on any atom is 0.0719 e. The third-order valence-electron chi connectivity index (χ3n) is 2.53. The van der Waals surface area contributed by atoms with Gasteiger partial charge in [0.25, 0.3) is 0 Å². The van der Waals surface area contributed by atoms with Crippen molar-refractivity contribution in [1.82, 2.24) is 0 Å². The Morgan fingerprint density at radius 2 is 1.71 bits per heavy atom.